The minimum Gasteiger partial charge on any atom is -0.438 e. The summed E-state index contributed by atoms with van der Waals surface area (Å²) in [6.45, 7) is 0. The van der Waals surface area contributed by atoms with Crippen molar-refractivity contribution in [2.45, 2.75) is 12.8 Å². The lowest BCUT2D eigenvalue weighted by Gasteiger charge is -2.07. The van der Waals surface area contributed by atoms with Crippen molar-refractivity contribution in [2.75, 3.05) is 5.32 Å². The largest absolute Gasteiger partial charge is 0.438 e. The fourth-order valence-corrected chi connectivity index (χ4v) is 3.00. The number of thiophene rings is 1. The molecule has 0 fully saturated rings. The minimum atomic E-state index is -0.141. The highest BCUT2D eigenvalue weighted by Gasteiger charge is 2.11. The van der Waals surface area contributed by atoms with E-state index >= 15 is 0 Å². The summed E-state index contributed by atoms with van der Waals surface area (Å²) in [4.78, 5) is 20.1. The van der Waals surface area contributed by atoms with Gasteiger partial charge in [0.05, 0.1) is 6.20 Å². The van der Waals surface area contributed by atoms with Crippen molar-refractivity contribution < 1.29 is 13.9 Å². The lowest BCUT2D eigenvalue weighted by molar-refractivity contribution is -0.116. The Kier molecular flexibility index (Phi) is 5.34. The lowest BCUT2D eigenvalue weighted by atomic mass is 10.2. The maximum atomic E-state index is 12.1. The van der Waals surface area contributed by atoms with Gasteiger partial charge in [-0.3, -0.25) is 9.78 Å². The molecule has 28 heavy (non-hydrogen) atoms. The Morgan fingerprint density at radius 1 is 1.14 bits per heavy atom. The number of carbonyl (C=O) groups is 1. The van der Waals surface area contributed by atoms with Crippen molar-refractivity contribution in [3.63, 3.8) is 0 Å². The van der Waals surface area contributed by atoms with E-state index in [1.54, 1.807) is 48.0 Å². The first kappa shape index (κ1) is 17.8. The van der Waals surface area contributed by atoms with Gasteiger partial charge in [0.2, 0.25) is 23.6 Å². The molecule has 1 N–H and O–H groups in total. The monoisotopic (exact) mass is 393 g/mol. The molecule has 0 bridgehead atoms. The molecular formula is C19H15N5O3S. The predicted molar refractivity (Wildman–Crippen MR) is 103 cm³/mol. The van der Waals surface area contributed by atoms with Crippen LogP contribution in [0, 0.1) is 0 Å². The molecule has 1 amide bonds. The number of rotatable bonds is 7. The number of hydrogen-bond acceptors (Lipinski definition) is 8. The van der Waals surface area contributed by atoms with Gasteiger partial charge >= 0.3 is 0 Å². The van der Waals surface area contributed by atoms with Gasteiger partial charge in [0, 0.05) is 41.9 Å². The summed E-state index contributed by atoms with van der Waals surface area (Å²) in [6, 6.07) is 8.91. The fraction of sp³-hybridized carbons (Fsp3) is 0.105. The molecule has 8 nitrogen and oxygen atoms in total. The van der Waals surface area contributed by atoms with Crippen LogP contribution in [0.2, 0.25) is 0 Å². The average molecular weight is 393 g/mol. The molecule has 1 aromatic carbocycles. The van der Waals surface area contributed by atoms with Gasteiger partial charge in [0.1, 0.15) is 5.75 Å². The van der Waals surface area contributed by atoms with Crippen molar-refractivity contribution in [2.24, 2.45) is 0 Å². The third kappa shape index (κ3) is 4.57. The Labute approximate surface area is 164 Å². The molecule has 0 atom stereocenters. The number of ether oxygens (including phenoxy) is 1. The van der Waals surface area contributed by atoms with Crippen LogP contribution in [0.3, 0.4) is 0 Å². The van der Waals surface area contributed by atoms with Crippen LogP contribution in [-0.2, 0) is 11.2 Å². The summed E-state index contributed by atoms with van der Waals surface area (Å²) in [6.07, 6.45) is 5.26. The highest BCUT2D eigenvalue weighted by atomic mass is 32.1. The van der Waals surface area contributed by atoms with Crippen LogP contribution < -0.4 is 10.1 Å². The van der Waals surface area contributed by atoms with E-state index in [4.69, 9.17) is 9.15 Å². The summed E-state index contributed by atoms with van der Waals surface area (Å²) < 4.78 is 11.1. The average Bonchev–Trinajstić information content (AvgIpc) is 3.41. The number of anilines is 1. The third-order valence-electron chi connectivity index (χ3n) is 3.70. The van der Waals surface area contributed by atoms with Crippen LogP contribution >= 0.6 is 11.3 Å². The van der Waals surface area contributed by atoms with Crippen LogP contribution in [0.25, 0.3) is 11.5 Å². The van der Waals surface area contributed by atoms with Crippen LogP contribution in [0.1, 0.15) is 12.3 Å². The van der Waals surface area contributed by atoms with Gasteiger partial charge in [0.25, 0.3) is 0 Å². The van der Waals surface area contributed by atoms with Crippen LogP contribution in [0.5, 0.6) is 11.6 Å². The maximum absolute atomic E-state index is 12.1. The number of aryl methyl sites for hydroxylation is 1. The summed E-state index contributed by atoms with van der Waals surface area (Å²) >= 11 is 1.56. The van der Waals surface area contributed by atoms with E-state index in [1.165, 1.54) is 6.20 Å². The van der Waals surface area contributed by atoms with E-state index in [-0.39, 0.29) is 12.3 Å². The number of hydrogen-bond donors (Lipinski definition) is 1. The number of benzene rings is 1. The Bertz CT molecular complexity index is 1030. The summed E-state index contributed by atoms with van der Waals surface area (Å²) in [5.41, 5.74) is 1.55. The second kappa shape index (κ2) is 8.40. The Hall–Kier alpha value is -3.59. The molecule has 0 spiro atoms. The molecule has 140 valence electrons. The van der Waals surface area contributed by atoms with Crippen molar-refractivity contribution in [3.8, 4) is 23.1 Å². The lowest BCUT2D eigenvalue weighted by Crippen LogP contribution is -2.12. The second-order valence-electron chi connectivity index (χ2n) is 5.73. The van der Waals surface area contributed by atoms with E-state index in [1.807, 2.05) is 16.8 Å². The van der Waals surface area contributed by atoms with E-state index < -0.39 is 0 Å². The summed E-state index contributed by atoms with van der Waals surface area (Å²) in [5.74, 6) is 1.77. The highest BCUT2D eigenvalue weighted by Crippen LogP contribution is 2.22. The van der Waals surface area contributed by atoms with Crippen LogP contribution in [0.15, 0.2) is 64.1 Å². The molecule has 4 aromatic rings. The molecule has 9 heteroatoms. The SMILES string of the molecule is O=C(CCc1nnc(-c2ccsc2)o1)Nc1ccc(Oc2cnccn2)cc1. The van der Waals surface area contributed by atoms with Crippen LogP contribution in [0.4, 0.5) is 5.69 Å². The van der Waals surface area contributed by atoms with Gasteiger partial charge in [-0.15, -0.1) is 10.2 Å². The number of carbonyl (C=O) groups excluding carboxylic acids is 1. The fourth-order valence-electron chi connectivity index (χ4n) is 2.37. The third-order valence-corrected chi connectivity index (χ3v) is 4.38. The number of nitrogens with zero attached hydrogens (tertiary/aromatic N) is 4. The first-order valence-electron chi connectivity index (χ1n) is 8.45. The van der Waals surface area contributed by atoms with Crippen molar-refractivity contribution in [3.05, 3.63) is 65.6 Å². The van der Waals surface area contributed by atoms with Gasteiger partial charge in [-0.2, -0.15) is 11.3 Å². The number of aromatic nitrogens is 4. The quantitative estimate of drug-likeness (QED) is 0.507. The number of nitrogens with one attached hydrogen (secondary N) is 1. The predicted octanol–water partition coefficient (Wildman–Crippen LogP) is 3.95. The van der Waals surface area contributed by atoms with Crippen molar-refractivity contribution in [1.82, 2.24) is 20.2 Å². The van der Waals surface area contributed by atoms with E-state index in [0.29, 0.717) is 35.5 Å². The summed E-state index contributed by atoms with van der Waals surface area (Å²) in [5, 5.41) is 14.7. The Balaban J connectivity index is 1.28. The molecule has 0 aliphatic rings. The normalized spacial score (nSPS) is 10.6. The van der Waals surface area contributed by atoms with Crippen molar-refractivity contribution >= 4 is 22.9 Å². The standard InChI is InChI=1S/C19H15N5O3S/c25-16(5-6-17-23-24-19(27-17)13-7-10-28-12-13)22-14-1-3-15(4-2-14)26-18-11-20-8-9-21-18/h1-4,7-12H,5-6H2,(H,22,25). The molecule has 0 saturated heterocycles. The molecular weight excluding hydrogens is 378 g/mol. The molecule has 0 saturated carbocycles. The van der Waals surface area contributed by atoms with Gasteiger partial charge in [-0.05, 0) is 35.7 Å². The van der Waals surface area contributed by atoms with Gasteiger partial charge < -0.3 is 14.5 Å². The van der Waals surface area contributed by atoms with Gasteiger partial charge in [-0.1, -0.05) is 0 Å². The zero-order chi connectivity index (χ0) is 19.2. The van der Waals surface area contributed by atoms with E-state index in [0.717, 1.165) is 5.56 Å². The molecule has 0 aliphatic heterocycles. The van der Waals surface area contributed by atoms with Crippen molar-refractivity contribution in [1.29, 1.82) is 0 Å². The molecule has 3 aromatic heterocycles. The minimum absolute atomic E-state index is 0.141. The molecule has 4 rings (SSSR count). The van der Waals surface area contributed by atoms with Gasteiger partial charge in [-0.25, -0.2) is 4.98 Å². The maximum Gasteiger partial charge on any atom is 0.248 e. The zero-order valence-corrected chi connectivity index (χ0v) is 15.4. The molecule has 0 unspecified atom stereocenters. The smallest absolute Gasteiger partial charge is 0.248 e. The first-order chi connectivity index (χ1) is 13.8. The van der Waals surface area contributed by atoms with E-state index in [9.17, 15) is 4.79 Å². The second-order valence-corrected chi connectivity index (χ2v) is 6.51. The highest BCUT2D eigenvalue weighted by molar-refractivity contribution is 7.08. The van der Waals surface area contributed by atoms with Gasteiger partial charge in [0.15, 0.2) is 0 Å². The Morgan fingerprint density at radius 2 is 2.04 bits per heavy atom. The zero-order valence-electron chi connectivity index (χ0n) is 14.6. The molecule has 3 heterocycles. The van der Waals surface area contributed by atoms with Crippen LogP contribution in [-0.4, -0.2) is 26.1 Å². The Morgan fingerprint density at radius 3 is 2.79 bits per heavy atom. The molecule has 0 aliphatic carbocycles. The topological polar surface area (TPSA) is 103 Å². The first-order valence-corrected chi connectivity index (χ1v) is 9.39. The molecule has 0 radical (unpaired) electrons. The number of amides is 1. The van der Waals surface area contributed by atoms with E-state index in [2.05, 4.69) is 25.5 Å². The summed E-state index contributed by atoms with van der Waals surface area (Å²) in [7, 11) is 0.